The number of amides is 2. The van der Waals surface area contributed by atoms with E-state index in [1.54, 1.807) is 42.2 Å². The summed E-state index contributed by atoms with van der Waals surface area (Å²) in [5.74, 6) is 0.486. The molecule has 6 nitrogen and oxygen atoms in total. The van der Waals surface area contributed by atoms with Crippen molar-refractivity contribution in [2.24, 2.45) is 0 Å². The van der Waals surface area contributed by atoms with E-state index in [4.69, 9.17) is 4.52 Å². The van der Waals surface area contributed by atoms with Gasteiger partial charge in [-0.05, 0) is 37.6 Å². The van der Waals surface area contributed by atoms with E-state index in [9.17, 15) is 9.59 Å². The molecule has 27 heavy (non-hydrogen) atoms. The highest BCUT2D eigenvalue weighted by molar-refractivity contribution is 6.05. The van der Waals surface area contributed by atoms with Crippen molar-refractivity contribution >= 4 is 17.6 Å². The normalized spacial score (nSPS) is 10.4. The van der Waals surface area contributed by atoms with Gasteiger partial charge in [-0.25, -0.2) is 0 Å². The largest absolute Gasteiger partial charge is 0.360 e. The smallest absolute Gasteiger partial charge is 0.256 e. The molecule has 0 unspecified atom stereocenters. The number of carbonyl (C=O) groups excluding carboxylic acids is 2. The van der Waals surface area contributed by atoms with Crippen LogP contribution in [0, 0.1) is 6.92 Å². The van der Waals surface area contributed by atoms with Gasteiger partial charge in [0.1, 0.15) is 5.76 Å². The first-order valence-electron chi connectivity index (χ1n) is 8.74. The second kappa shape index (κ2) is 8.31. The number of aryl methyl sites for hydroxylation is 1. The Balaban J connectivity index is 1.75. The van der Waals surface area contributed by atoms with E-state index in [0.717, 1.165) is 5.56 Å². The predicted octanol–water partition coefficient (Wildman–Crippen LogP) is 3.90. The summed E-state index contributed by atoms with van der Waals surface area (Å²) >= 11 is 0. The van der Waals surface area contributed by atoms with Gasteiger partial charge in [-0.1, -0.05) is 41.6 Å². The quantitative estimate of drug-likeness (QED) is 0.721. The van der Waals surface area contributed by atoms with Gasteiger partial charge >= 0.3 is 0 Å². The van der Waals surface area contributed by atoms with Gasteiger partial charge < -0.3 is 14.7 Å². The molecular weight excluding hydrogens is 342 g/mol. The summed E-state index contributed by atoms with van der Waals surface area (Å²) in [5, 5.41) is 6.40. The SMILES string of the molecule is CCN(Cc1ccccc1)C(=O)c1cccc(C(=O)Nc2cc(C)on2)c1. The molecule has 1 heterocycles. The third-order valence-electron chi connectivity index (χ3n) is 4.13. The molecule has 0 saturated carbocycles. The summed E-state index contributed by atoms with van der Waals surface area (Å²) in [4.78, 5) is 27.0. The first-order valence-corrected chi connectivity index (χ1v) is 8.74. The molecular formula is C21H21N3O3. The molecule has 0 aliphatic carbocycles. The molecule has 0 spiro atoms. The van der Waals surface area contributed by atoms with E-state index in [-0.39, 0.29) is 11.8 Å². The molecule has 1 aromatic heterocycles. The Labute approximate surface area is 157 Å². The summed E-state index contributed by atoms with van der Waals surface area (Å²) in [5.41, 5.74) is 1.91. The van der Waals surface area contributed by atoms with Gasteiger partial charge in [0.05, 0.1) is 0 Å². The fraction of sp³-hybridized carbons (Fsp3) is 0.190. The monoisotopic (exact) mass is 363 g/mol. The van der Waals surface area contributed by atoms with Gasteiger partial charge in [0.25, 0.3) is 11.8 Å². The summed E-state index contributed by atoms with van der Waals surface area (Å²) in [6, 6.07) is 18.1. The van der Waals surface area contributed by atoms with Crippen molar-refractivity contribution in [3.8, 4) is 0 Å². The molecule has 1 N–H and O–H groups in total. The number of hydrogen-bond donors (Lipinski definition) is 1. The standard InChI is InChI=1S/C21H21N3O3/c1-3-24(14-16-8-5-4-6-9-16)21(26)18-11-7-10-17(13-18)20(25)22-19-12-15(2)27-23-19/h4-13H,3,14H2,1-2H3,(H,22,23,25). The topological polar surface area (TPSA) is 75.4 Å². The minimum atomic E-state index is -0.343. The molecule has 2 aromatic carbocycles. The number of benzene rings is 2. The zero-order valence-electron chi connectivity index (χ0n) is 15.3. The number of rotatable bonds is 6. The maximum Gasteiger partial charge on any atom is 0.256 e. The van der Waals surface area contributed by atoms with E-state index >= 15 is 0 Å². The molecule has 0 aliphatic heterocycles. The lowest BCUT2D eigenvalue weighted by Crippen LogP contribution is -2.30. The number of carbonyl (C=O) groups is 2. The highest BCUT2D eigenvalue weighted by Crippen LogP contribution is 2.14. The van der Waals surface area contributed by atoms with E-state index in [2.05, 4.69) is 10.5 Å². The fourth-order valence-corrected chi connectivity index (χ4v) is 2.72. The lowest BCUT2D eigenvalue weighted by atomic mass is 10.1. The molecule has 2 amide bonds. The average Bonchev–Trinajstić information content (AvgIpc) is 3.11. The van der Waals surface area contributed by atoms with Crippen LogP contribution >= 0.6 is 0 Å². The van der Waals surface area contributed by atoms with Gasteiger partial charge in [-0.15, -0.1) is 0 Å². The molecule has 3 rings (SSSR count). The molecule has 0 bridgehead atoms. The molecule has 3 aromatic rings. The van der Waals surface area contributed by atoms with Crippen molar-refractivity contribution in [1.29, 1.82) is 0 Å². The molecule has 6 heteroatoms. The van der Waals surface area contributed by atoms with Crippen LogP contribution in [0.1, 0.15) is 39.0 Å². The van der Waals surface area contributed by atoms with E-state index in [0.29, 0.717) is 35.8 Å². The summed E-state index contributed by atoms with van der Waals surface area (Å²) in [7, 11) is 0. The Morgan fingerprint density at radius 2 is 1.78 bits per heavy atom. The number of nitrogens with one attached hydrogen (secondary N) is 1. The Morgan fingerprint density at radius 1 is 1.04 bits per heavy atom. The van der Waals surface area contributed by atoms with E-state index < -0.39 is 0 Å². The summed E-state index contributed by atoms with van der Waals surface area (Å²) in [6.45, 7) is 4.77. The summed E-state index contributed by atoms with van der Waals surface area (Å²) in [6.07, 6.45) is 0. The second-order valence-corrected chi connectivity index (χ2v) is 6.16. The number of aromatic nitrogens is 1. The van der Waals surface area contributed by atoms with Crippen molar-refractivity contribution in [2.45, 2.75) is 20.4 Å². The fourth-order valence-electron chi connectivity index (χ4n) is 2.72. The zero-order chi connectivity index (χ0) is 19.2. The van der Waals surface area contributed by atoms with Gasteiger partial charge in [0, 0.05) is 30.3 Å². The third-order valence-corrected chi connectivity index (χ3v) is 4.13. The number of anilines is 1. The zero-order valence-corrected chi connectivity index (χ0v) is 15.3. The van der Waals surface area contributed by atoms with Crippen LogP contribution in [0.2, 0.25) is 0 Å². The Hall–Kier alpha value is -3.41. The van der Waals surface area contributed by atoms with Crippen LogP contribution < -0.4 is 5.32 Å². The second-order valence-electron chi connectivity index (χ2n) is 6.16. The van der Waals surface area contributed by atoms with Crippen LogP contribution in [0.25, 0.3) is 0 Å². The van der Waals surface area contributed by atoms with Crippen molar-refractivity contribution in [1.82, 2.24) is 10.1 Å². The maximum absolute atomic E-state index is 12.9. The number of hydrogen-bond acceptors (Lipinski definition) is 4. The molecule has 138 valence electrons. The van der Waals surface area contributed by atoms with Gasteiger partial charge in [0.2, 0.25) is 0 Å². The first kappa shape index (κ1) is 18.4. The van der Waals surface area contributed by atoms with Crippen LogP contribution in [0.3, 0.4) is 0 Å². The molecule has 0 aliphatic rings. The lowest BCUT2D eigenvalue weighted by Gasteiger charge is -2.21. The van der Waals surface area contributed by atoms with Crippen LogP contribution in [0.5, 0.6) is 0 Å². The average molecular weight is 363 g/mol. The van der Waals surface area contributed by atoms with E-state index in [1.165, 1.54) is 0 Å². The van der Waals surface area contributed by atoms with Crippen LogP contribution in [-0.4, -0.2) is 28.4 Å². The highest BCUT2D eigenvalue weighted by atomic mass is 16.5. The van der Waals surface area contributed by atoms with Gasteiger partial charge in [0.15, 0.2) is 5.82 Å². The Bertz CT molecular complexity index is 935. The van der Waals surface area contributed by atoms with Crippen LogP contribution in [-0.2, 0) is 6.54 Å². The minimum Gasteiger partial charge on any atom is -0.360 e. The van der Waals surface area contributed by atoms with Crippen molar-refractivity contribution in [3.63, 3.8) is 0 Å². The van der Waals surface area contributed by atoms with Crippen LogP contribution in [0.15, 0.2) is 65.2 Å². The first-order chi connectivity index (χ1) is 13.1. The maximum atomic E-state index is 12.9. The minimum absolute atomic E-state index is 0.117. The third kappa shape index (κ3) is 4.61. The van der Waals surface area contributed by atoms with Gasteiger partial charge in [-0.3, -0.25) is 9.59 Å². The van der Waals surface area contributed by atoms with Crippen molar-refractivity contribution < 1.29 is 14.1 Å². The lowest BCUT2D eigenvalue weighted by molar-refractivity contribution is 0.0752. The van der Waals surface area contributed by atoms with Crippen molar-refractivity contribution in [3.05, 3.63) is 83.1 Å². The Kier molecular flexibility index (Phi) is 5.66. The van der Waals surface area contributed by atoms with Crippen molar-refractivity contribution in [2.75, 3.05) is 11.9 Å². The van der Waals surface area contributed by atoms with Gasteiger partial charge in [-0.2, -0.15) is 0 Å². The molecule has 0 radical (unpaired) electrons. The van der Waals surface area contributed by atoms with Crippen LogP contribution in [0.4, 0.5) is 5.82 Å². The molecule has 0 fully saturated rings. The predicted molar refractivity (Wildman–Crippen MR) is 102 cm³/mol. The summed E-state index contributed by atoms with van der Waals surface area (Å²) < 4.78 is 4.94. The highest BCUT2D eigenvalue weighted by Gasteiger charge is 2.17. The number of nitrogens with zero attached hydrogens (tertiary/aromatic N) is 2. The molecule has 0 atom stereocenters. The molecule has 0 saturated heterocycles. The Morgan fingerprint density at radius 3 is 2.44 bits per heavy atom. The van der Waals surface area contributed by atoms with E-state index in [1.807, 2.05) is 37.3 Å².